The van der Waals surface area contributed by atoms with Crippen LogP contribution in [0.25, 0.3) is 0 Å². The summed E-state index contributed by atoms with van der Waals surface area (Å²) < 4.78 is 37.1. The van der Waals surface area contributed by atoms with E-state index in [1.807, 2.05) is 12.1 Å². The summed E-state index contributed by atoms with van der Waals surface area (Å²) in [7, 11) is -3.81. The van der Waals surface area contributed by atoms with E-state index in [-0.39, 0.29) is 23.9 Å². The minimum absolute atomic E-state index is 0.135. The molecule has 2 atom stereocenters. The summed E-state index contributed by atoms with van der Waals surface area (Å²) in [6.07, 6.45) is 0.603. The highest BCUT2D eigenvalue weighted by Crippen LogP contribution is 2.33. The molecule has 29 heavy (non-hydrogen) atoms. The number of halogens is 2. The first-order chi connectivity index (χ1) is 13.7. The van der Waals surface area contributed by atoms with Crippen LogP contribution in [-0.2, 0) is 14.8 Å². The van der Waals surface area contributed by atoms with Gasteiger partial charge in [-0.25, -0.2) is 8.42 Å². The average molecular weight is 459 g/mol. The number of anilines is 1. The Morgan fingerprint density at radius 3 is 2.62 bits per heavy atom. The number of carbonyl (C=O) groups excluding carboxylic acids is 1. The lowest BCUT2D eigenvalue weighted by atomic mass is 10.2. The van der Waals surface area contributed by atoms with E-state index in [0.717, 1.165) is 10.6 Å². The van der Waals surface area contributed by atoms with Gasteiger partial charge in [-0.05, 0) is 37.3 Å². The maximum Gasteiger partial charge on any atom is 0.243 e. The Balaban J connectivity index is 1.71. The first-order valence-electron chi connectivity index (χ1n) is 8.77. The monoisotopic (exact) mass is 458 g/mol. The highest BCUT2D eigenvalue weighted by Gasteiger charge is 2.31. The van der Waals surface area contributed by atoms with Crippen LogP contribution in [0.2, 0.25) is 10.0 Å². The van der Waals surface area contributed by atoms with Crippen molar-refractivity contribution >= 4 is 44.8 Å². The van der Waals surface area contributed by atoms with Crippen molar-refractivity contribution in [3.63, 3.8) is 0 Å². The molecule has 1 N–H and O–H groups in total. The maximum atomic E-state index is 12.7. The second-order valence-electron chi connectivity index (χ2n) is 6.57. The number of hydrogen-bond acceptors (Lipinski definition) is 5. The average Bonchev–Trinajstić information content (AvgIpc) is 2.67. The molecular weight excluding hydrogens is 439 g/mol. The molecule has 2 aromatic rings. The summed E-state index contributed by atoms with van der Waals surface area (Å²) in [5.41, 5.74) is 0.135. The van der Waals surface area contributed by atoms with Gasteiger partial charge in [0.2, 0.25) is 15.9 Å². The zero-order chi connectivity index (χ0) is 21.2. The molecule has 10 heteroatoms. The molecule has 0 unspecified atom stereocenters. The van der Waals surface area contributed by atoms with Gasteiger partial charge in [0.25, 0.3) is 0 Å². The highest BCUT2D eigenvalue weighted by molar-refractivity contribution is 7.92. The predicted octanol–water partition coefficient (Wildman–Crippen LogP) is 3.10. The normalized spacial score (nSPS) is 16.8. The van der Waals surface area contributed by atoms with Crippen molar-refractivity contribution in [1.29, 1.82) is 0 Å². The standard InChI is InChI=1S/C19H20Cl2N2O5S/c1-12(23(29(2,25)26)16-9-13(20)7-8-15(16)21)19(24)22-10-14-11-27-17-5-3-4-6-18(17)28-14/h3-9,12,14H,10-11H2,1-2H3,(H,22,24)/t12-,14-/m1/s1. The molecule has 156 valence electrons. The quantitative estimate of drug-likeness (QED) is 0.718. The van der Waals surface area contributed by atoms with Gasteiger partial charge in [-0.1, -0.05) is 35.3 Å². The smallest absolute Gasteiger partial charge is 0.243 e. The van der Waals surface area contributed by atoms with Gasteiger partial charge < -0.3 is 14.8 Å². The zero-order valence-electron chi connectivity index (χ0n) is 15.8. The van der Waals surface area contributed by atoms with E-state index < -0.39 is 28.1 Å². The van der Waals surface area contributed by atoms with Gasteiger partial charge in [0.1, 0.15) is 18.8 Å². The van der Waals surface area contributed by atoms with Gasteiger partial charge in [0, 0.05) is 5.02 Å². The number of nitrogens with one attached hydrogen (secondary N) is 1. The lowest BCUT2D eigenvalue weighted by Gasteiger charge is -2.30. The zero-order valence-corrected chi connectivity index (χ0v) is 18.1. The fourth-order valence-electron chi connectivity index (χ4n) is 2.96. The van der Waals surface area contributed by atoms with Crippen LogP contribution in [0.5, 0.6) is 11.5 Å². The molecule has 1 amide bonds. The van der Waals surface area contributed by atoms with Crippen molar-refractivity contribution in [1.82, 2.24) is 5.32 Å². The van der Waals surface area contributed by atoms with Gasteiger partial charge in [-0.2, -0.15) is 0 Å². The molecule has 0 saturated heterocycles. The lowest BCUT2D eigenvalue weighted by Crippen LogP contribution is -2.50. The molecule has 1 aliphatic rings. The van der Waals surface area contributed by atoms with Gasteiger partial charge in [-0.3, -0.25) is 9.10 Å². The minimum atomic E-state index is -3.81. The van der Waals surface area contributed by atoms with Crippen LogP contribution in [0, 0.1) is 0 Å². The van der Waals surface area contributed by atoms with Crippen molar-refractivity contribution in [2.75, 3.05) is 23.7 Å². The molecule has 0 saturated carbocycles. The molecule has 7 nitrogen and oxygen atoms in total. The van der Waals surface area contributed by atoms with Crippen molar-refractivity contribution in [3.05, 3.63) is 52.5 Å². The Morgan fingerprint density at radius 2 is 1.93 bits per heavy atom. The van der Waals surface area contributed by atoms with Crippen LogP contribution in [0.1, 0.15) is 6.92 Å². The second kappa shape index (κ2) is 8.69. The van der Waals surface area contributed by atoms with Gasteiger partial charge in [-0.15, -0.1) is 0 Å². The Labute approximate surface area is 179 Å². The van der Waals surface area contributed by atoms with Gasteiger partial charge >= 0.3 is 0 Å². The lowest BCUT2D eigenvalue weighted by molar-refractivity contribution is -0.122. The van der Waals surface area contributed by atoms with E-state index in [1.165, 1.54) is 25.1 Å². The molecule has 2 aromatic carbocycles. The summed E-state index contributed by atoms with van der Waals surface area (Å²) in [4.78, 5) is 12.7. The summed E-state index contributed by atoms with van der Waals surface area (Å²) >= 11 is 12.1. The molecule has 0 bridgehead atoms. The van der Waals surface area contributed by atoms with E-state index in [2.05, 4.69) is 5.32 Å². The fraction of sp³-hybridized carbons (Fsp3) is 0.316. The van der Waals surface area contributed by atoms with Crippen molar-refractivity contribution in [3.8, 4) is 11.5 Å². The summed E-state index contributed by atoms with van der Waals surface area (Å²) in [6, 6.07) is 10.6. The van der Waals surface area contributed by atoms with Crippen molar-refractivity contribution in [2.24, 2.45) is 0 Å². The summed E-state index contributed by atoms with van der Waals surface area (Å²) in [5, 5.41) is 3.18. The first kappa shape index (κ1) is 21.5. The van der Waals surface area contributed by atoms with Crippen LogP contribution < -0.4 is 19.1 Å². The number of carbonyl (C=O) groups is 1. The molecule has 0 fully saturated rings. The summed E-state index contributed by atoms with van der Waals surface area (Å²) in [6.45, 7) is 1.89. The molecular formula is C19H20Cl2N2O5S. The topological polar surface area (TPSA) is 84.9 Å². The van der Waals surface area contributed by atoms with Crippen LogP contribution >= 0.6 is 23.2 Å². The number of sulfonamides is 1. The van der Waals surface area contributed by atoms with Crippen molar-refractivity contribution in [2.45, 2.75) is 19.1 Å². The maximum absolute atomic E-state index is 12.7. The van der Waals surface area contributed by atoms with E-state index in [1.54, 1.807) is 12.1 Å². The molecule has 0 aliphatic carbocycles. The molecule has 3 rings (SSSR count). The number of hydrogen-bond donors (Lipinski definition) is 1. The van der Waals surface area contributed by atoms with E-state index >= 15 is 0 Å². The second-order valence-corrected chi connectivity index (χ2v) is 9.28. The number of ether oxygens (including phenoxy) is 2. The number of rotatable bonds is 6. The van der Waals surface area contributed by atoms with Gasteiger partial charge in [0.05, 0.1) is 23.5 Å². The predicted molar refractivity (Wildman–Crippen MR) is 113 cm³/mol. The molecule has 0 aromatic heterocycles. The number of benzene rings is 2. The Morgan fingerprint density at radius 1 is 1.24 bits per heavy atom. The number of para-hydroxylation sites is 2. The largest absolute Gasteiger partial charge is 0.486 e. The molecule has 1 aliphatic heterocycles. The van der Waals surface area contributed by atoms with Gasteiger partial charge in [0.15, 0.2) is 11.5 Å². The van der Waals surface area contributed by atoms with E-state index in [9.17, 15) is 13.2 Å². The molecule has 0 spiro atoms. The molecule has 0 radical (unpaired) electrons. The Hall–Kier alpha value is -2.16. The number of nitrogens with zero attached hydrogens (tertiary/aromatic N) is 1. The third kappa shape index (κ3) is 5.07. The van der Waals surface area contributed by atoms with Crippen molar-refractivity contribution < 1.29 is 22.7 Å². The third-order valence-electron chi connectivity index (χ3n) is 4.31. The highest BCUT2D eigenvalue weighted by atomic mass is 35.5. The third-order valence-corrected chi connectivity index (χ3v) is 6.09. The van der Waals surface area contributed by atoms with Crippen LogP contribution in [0.15, 0.2) is 42.5 Å². The van der Waals surface area contributed by atoms with E-state index in [4.69, 9.17) is 32.7 Å². The minimum Gasteiger partial charge on any atom is -0.486 e. The van der Waals surface area contributed by atoms with Crippen LogP contribution in [-0.4, -0.2) is 45.9 Å². The number of amides is 1. The number of fused-ring (bicyclic) bond motifs is 1. The van der Waals surface area contributed by atoms with Crippen LogP contribution in [0.3, 0.4) is 0 Å². The van der Waals surface area contributed by atoms with E-state index in [0.29, 0.717) is 16.5 Å². The molecule has 1 heterocycles. The SMILES string of the molecule is C[C@H](C(=O)NC[C@@H]1COc2ccccc2O1)N(c1cc(Cl)ccc1Cl)S(C)(=O)=O. The summed E-state index contributed by atoms with van der Waals surface area (Å²) in [5.74, 6) is 0.728. The Kier molecular flexibility index (Phi) is 6.45. The van der Waals surface area contributed by atoms with Crippen LogP contribution in [0.4, 0.5) is 5.69 Å². The first-order valence-corrected chi connectivity index (χ1v) is 11.4. The Bertz CT molecular complexity index is 1020. The fourth-order valence-corrected chi connectivity index (χ4v) is 4.57.